The number of halogens is 4. The van der Waals surface area contributed by atoms with Crippen molar-refractivity contribution in [2.45, 2.75) is 38.0 Å². The third-order valence-corrected chi connectivity index (χ3v) is 4.26. The number of carboxylic acid groups (broad SMARTS) is 1. The van der Waals surface area contributed by atoms with E-state index < -0.39 is 35.0 Å². The molecule has 1 aromatic carbocycles. The van der Waals surface area contributed by atoms with E-state index in [0.29, 0.717) is 25.5 Å². The van der Waals surface area contributed by atoms with Gasteiger partial charge in [-0.2, -0.15) is 13.2 Å². The summed E-state index contributed by atoms with van der Waals surface area (Å²) >= 11 is 0. The second-order valence-electron chi connectivity index (χ2n) is 5.92. The summed E-state index contributed by atoms with van der Waals surface area (Å²) < 4.78 is 52.0. The van der Waals surface area contributed by atoms with Gasteiger partial charge >= 0.3 is 12.1 Å². The highest BCUT2D eigenvalue weighted by atomic mass is 19.4. The van der Waals surface area contributed by atoms with Crippen molar-refractivity contribution in [1.82, 2.24) is 10.2 Å². The standard InChI is InChI=1S/C16H18F4N2O3/c1-2-22(8-13(23)24)10-6-9(7-10)21-15(25)11-4-3-5-12(14(11)17)16(18,19)20/h3-5,9-10H,2,6-8H2,1H3,(H,21,25)(H,23,24). The molecule has 1 aliphatic carbocycles. The highest BCUT2D eigenvalue weighted by Gasteiger charge is 2.37. The van der Waals surface area contributed by atoms with Crippen molar-refractivity contribution in [2.75, 3.05) is 13.1 Å². The van der Waals surface area contributed by atoms with E-state index in [2.05, 4.69) is 5.32 Å². The molecule has 0 spiro atoms. The molecule has 1 aromatic rings. The van der Waals surface area contributed by atoms with Crippen LogP contribution in [0.4, 0.5) is 17.6 Å². The average molecular weight is 362 g/mol. The Morgan fingerprint density at radius 1 is 1.32 bits per heavy atom. The zero-order valence-corrected chi connectivity index (χ0v) is 13.4. The molecule has 0 bridgehead atoms. The van der Waals surface area contributed by atoms with Crippen LogP contribution < -0.4 is 5.32 Å². The second-order valence-corrected chi connectivity index (χ2v) is 5.92. The van der Waals surface area contributed by atoms with E-state index in [4.69, 9.17) is 5.11 Å². The molecule has 1 fully saturated rings. The number of carboxylic acids is 1. The van der Waals surface area contributed by atoms with E-state index in [1.807, 2.05) is 6.92 Å². The maximum absolute atomic E-state index is 13.9. The summed E-state index contributed by atoms with van der Waals surface area (Å²) in [5.41, 5.74) is -2.14. The van der Waals surface area contributed by atoms with E-state index in [9.17, 15) is 27.2 Å². The van der Waals surface area contributed by atoms with Crippen molar-refractivity contribution in [3.63, 3.8) is 0 Å². The maximum atomic E-state index is 13.9. The molecule has 0 unspecified atom stereocenters. The largest absolute Gasteiger partial charge is 0.480 e. The third kappa shape index (κ3) is 4.47. The van der Waals surface area contributed by atoms with Gasteiger partial charge in [0.05, 0.1) is 17.7 Å². The molecule has 0 aromatic heterocycles. The van der Waals surface area contributed by atoms with Crippen LogP contribution in [0.25, 0.3) is 0 Å². The van der Waals surface area contributed by atoms with Gasteiger partial charge in [0.25, 0.3) is 5.91 Å². The molecule has 1 aliphatic rings. The Bertz CT molecular complexity index is 657. The lowest BCUT2D eigenvalue weighted by Gasteiger charge is -2.42. The van der Waals surface area contributed by atoms with E-state index in [1.54, 1.807) is 4.90 Å². The number of carbonyl (C=O) groups excluding carboxylic acids is 1. The van der Waals surface area contributed by atoms with E-state index in [-0.39, 0.29) is 18.6 Å². The number of hydrogen-bond acceptors (Lipinski definition) is 3. The number of alkyl halides is 3. The monoisotopic (exact) mass is 362 g/mol. The van der Waals surface area contributed by atoms with Gasteiger partial charge in [0.1, 0.15) is 5.82 Å². The summed E-state index contributed by atoms with van der Waals surface area (Å²) in [4.78, 5) is 24.5. The predicted octanol–water partition coefficient (Wildman–Crippen LogP) is 2.51. The fourth-order valence-corrected chi connectivity index (χ4v) is 2.87. The molecule has 2 N–H and O–H groups in total. The Kier molecular flexibility index (Phi) is 5.66. The average Bonchev–Trinajstić information content (AvgIpc) is 2.47. The minimum Gasteiger partial charge on any atom is -0.480 e. The van der Waals surface area contributed by atoms with Gasteiger partial charge in [-0.15, -0.1) is 0 Å². The fraction of sp³-hybridized carbons (Fsp3) is 0.500. The van der Waals surface area contributed by atoms with Gasteiger partial charge in [-0.3, -0.25) is 14.5 Å². The molecular weight excluding hydrogens is 344 g/mol. The summed E-state index contributed by atoms with van der Waals surface area (Å²) in [6.07, 6.45) is -3.94. The lowest BCUT2D eigenvalue weighted by molar-refractivity contribution is -0.140. The van der Waals surface area contributed by atoms with Crippen LogP contribution in [-0.4, -0.2) is 47.1 Å². The summed E-state index contributed by atoms with van der Waals surface area (Å²) in [5.74, 6) is -3.46. The molecule has 0 heterocycles. The second kappa shape index (κ2) is 7.38. The number of nitrogens with zero attached hydrogens (tertiary/aromatic N) is 1. The minimum absolute atomic E-state index is 0.0299. The van der Waals surface area contributed by atoms with Crippen LogP contribution in [0.3, 0.4) is 0 Å². The van der Waals surface area contributed by atoms with Crippen LogP contribution in [-0.2, 0) is 11.0 Å². The summed E-state index contributed by atoms with van der Waals surface area (Å²) in [6, 6.07) is 2.21. The van der Waals surface area contributed by atoms with Gasteiger partial charge < -0.3 is 10.4 Å². The normalized spacial score (nSPS) is 20.2. The van der Waals surface area contributed by atoms with Crippen molar-refractivity contribution >= 4 is 11.9 Å². The van der Waals surface area contributed by atoms with Crippen LogP contribution >= 0.6 is 0 Å². The highest BCUT2D eigenvalue weighted by molar-refractivity contribution is 5.95. The zero-order valence-electron chi connectivity index (χ0n) is 13.4. The van der Waals surface area contributed by atoms with Gasteiger partial charge in [-0.05, 0) is 31.5 Å². The molecule has 5 nitrogen and oxygen atoms in total. The fourth-order valence-electron chi connectivity index (χ4n) is 2.87. The molecule has 138 valence electrons. The summed E-state index contributed by atoms with van der Waals surface area (Å²) in [7, 11) is 0. The number of aliphatic carboxylic acids is 1. The molecule has 0 aliphatic heterocycles. The first kappa shape index (κ1) is 19.2. The van der Waals surface area contributed by atoms with Crippen molar-refractivity contribution in [3.8, 4) is 0 Å². The number of nitrogens with one attached hydrogen (secondary N) is 1. The van der Waals surface area contributed by atoms with Crippen LogP contribution in [0.1, 0.15) is 35.7 Å². The number of likely N-dealkylation sites (N-methyl/N-ethyl adjacent to an activating group) is 1. The molecule has 25 heavy (non-hydrogen) atoms. The Hall–Kier alpha value is -2.16. The minimum atomic E-state index is -4.87. The van der Waals surface area contributed by atoms with Crippen molar-refractivity contribution < 1.29 is 32.3 Å². The summed E-state index contributed by atoms with van der Waals surface area (Å²) in [6.45, 7) is 2.22. The summed E-state index contributed by atoms with van der Waals surface area (Å²) in [5, 5.41) is 11.3. The highest BCUT2D eigenvalue weighted by Crippen LogP contribution is 2.32. The topological polar surface area (TPSA) is 69.6 Å². The quantitative estimate of drug-likeness (QED) is 0.763. The van der Waals surface area contributed by atoms with Gasteiger partial charge in [-0.1, -0.05) is 13.0 Å². The number of amides is 1. The molecule has 0 radical (unpaired) electrons. The number of hydrogen-bond donors (Lipinski definition) is 2. The predicted molar refractivity (Wildman–Crippen MR) is 80.6 cm³/mol. The molecule has 0 saturated heterocycles. The Balaban J connectivity index is 1.98. The lowest BCUT2D eigenvalue weighted by atomic mass is 9.85. The van der Waals surface area contributed by atoms with E-state index in [1.165, 1.54) is 0 Å². The third-order valence-electron chi connectivity index (χ3n) is 4.26. The number of carbonyl (C=O) groups is 2. The first-order valence-electron chi connectivity index (χ1n) is 7.75. The van der Waals surface area contributed by atoms with Crippen molar-refractivity contribution in [3.05, 3.63) is 35.1 Å². The molecular formula is C16H18F4N2O3. The first-order valence-corrected chi connectivity index (χ1v) is 7.75. The van der Waals surface area contributed by atoms with Gasteiger partial charge in [0.15, 0.2) is 0 Å². The van der Waals surface area contributed by atoms with Crippen LogP contribution in [0.15, 0.2) is 18.2 Å². The Labute approximate surface area is 141 Å². The van der Waals surface area contributed by atoms with E-state index in [0.717, 1.165) is 12.1 Å². The molecule has 1 amide bonds. The van der Waals surface area contributed by atoms with Gasteiger partial charge in [-0.25, -0.2) is 4.39 Å². The molecule has 0 atom stereocenters. The molecule has 1 saturated carbocycles. The van der Waals surface area contributed by atoms with Crippen molar-refractivity contribution in [1.29, 1.82) is 0 Å². The van der Waals surface area contributed by atoms with Gasteiger partial charge in [0.2, 0.25) is 0 Å². The van der Waals surface area contributed by atoms with E-state index >= 15 is 0 Å². The SMILES string of the molecule is CCN(CC(=O)O)C1CC(NC(=O)c2cccc(C(F)(F)F)c2F)C1. The number of benzene rings is 1. The maximum Gasteiger partial charge on any atom is 0.419 e. The van der Waals surface area contributed by atoms with Gasteiger partial charge in [0, 0.05) is 12.1 Å². The van der Waals surface area contributed by atoms with Crippen LogP contribution in [0.5, 0.6) is 0 Å². The first-order chi connectivity index (χ1) is 11.6. The molecule has 2 rings (SSSR count). The van der Waals surface area contributed by atoms with Crippen molar-refractivity contribution in [2.24, 2.45) is 0 Å². The Morgan fingerprint density at radius 3 is 2.48 bits per heavy atom. The van der Waals surface area contributed by atoms with Crippen LogP contribution in [0, 0.1) is 5.82 Å². The Morgan fingerprint density at radius 2 is 1.96 bits per heavy atom. The smallest absolute Gasteiger partial charge is 0.419 e. The molecule has 9 heteroatoms. The van der Waals surface area contributed by atoms with Crippen LogP contribution in [0.2, 0.25) is 0 Å². The number of rotatable bonds is 6. The zero-order chi connectivity index (χ0) is 18.8. The lowest BCUT2D eigenvalue weighted by Crippen LogP contribution is -2.54.